The van der Waals surface area contributed by atoms with E-state index >= 15 is 0 Å². The number of nitrogens with one attached hydrogen (secondary N) is 1. The summed E-state index contributed by atoms with van der Waals surface area (Å²) in [4.78, 5) is 27.7. The van der Waals surface area contributed by atoms with Crippen LogP contribution >= 0.6 is 0 Å². The summed E-state index contributed by atoms with van der Waals surface area (Å²) in [5, 5.41) is 2.88. The molecule has 0 aromatic heterocycles. The van der Waals surface area contributed by atoms with E-state index in [-0.39, 0.29) is 23.9 Å². The number of hydrogen-bond donors (Lipinski definition) is 1. The molecule has 0 aromatic rings. The van der Waals surface area contributed by atoms with E-state index in [0.717, 1.165) is 0 Å². The summed E-state index contributed by atoms with van der Waals surface area (Å²) in [5.41, 5.74) is -0.264. The van der Waals surface area contributed by atoms with Gasteiger partial charge in [0.1, 0.15) is 0 Å². The standard InChI is InChI=1S/C16H31N3O2/c1-16(2,3)17-14(20)11-19(5)15(21)12-18(4)13-9-7-6-8-10-13/h13H,6-12H2,1-5H3,(H,17,20). The maximum absolute atomic E-state index is 12.2. The van der Waals surface area contributed by atoms with Crippen LogP contribution in [0.2, 0.25) is 0 Å². The first kappa shape index (κ1) is 18.0. The maximum Gasteiger partial charge on any atom is 0.240 e. The number of carbonyl (C=O) groups excluding carboxylic acids is 2. The number of likely N-dealkylation sites (N-methyl/N-ethyl adjacent to an activating group) is 2. The van der Waals surface area contributed by atoms with Gasteiger partial charge in [0.25, 0.3) is 0 Å². The summed E-state index contributed by atoms with van der Waals surface area (Å²) in [6.45, 7) is 6.31. The number of hydrogen-bond acceptors (Lipinski definition) is 3. The lowest BCUT2D eigenvalue weighted by Gasteiger charge is -2.32. The lowest BCUT2D eigenvalue weighted by Crippen LogP contribution is -2.48. The van der Waals surface area contributed by atoms with Crippen molar-refractivity contribution < 1.29 is 9.59 Å². The molecule has 5 nitrogen and oxygen atoms in total. The predicted molar refractivity (Wildman–Crippen MR) is 85.0 cm³/mol. The molecule has 0 aliphatic heterocycles. The van der Waals surface area contributed by atoms with Gasteiger partial charge in [0.2, 0.25) is 11.8 Å². The zero-order valence-electron chi connectivity index (χ0n) is 14.2. The third-order valence-electron chi connectivity index (χ3n) is 3.90. The van der Waals surface area contributed by atoms with Gasteiger partial charge < -0.3 is 10.2 Å². The van der Waals surface area contributed by atoms with Gasteiger partial charge in [-0.3, -0.25) is 14.5 Å². The van der Waals surface area contributed by atoms with Crippen LogP contribution in [0.4, 0.5) is 0 Å². The van der Waals surface area contributed by atoms with Crippen LogP contribution in [-0.4, -0.2) is 60.4 Å². The van der Waals surface area contributed by atoms with Gasteiger partial charge in [-0.1, -0.05) is 19.3 Å². The summed E-state index contributed by atoms with van der Waals surface area (Å²) < 4.78 is 0. The molecule has 21 heavy (non-hydrogen) atoms. The van der Waals surface area contributed by atoms with Crippen molar-refractivity contribution in [2.45, 2.75) is 64.5 Å². The monoisotopic (exact) mass is 297 g/mol. The van der Waals surface area contributed by atoms with E-state index in [1.807, 2.05) is 27.8 Å². The zero-order valence-corrected chi connectivity index (χ0v) is 14.2. The van der Waals surface area contributed by atoms with Gasteiger partial charge >= 0.3 is 0 Å². The van der Waals surface area contributed by atoms with Gasteiger partial charge in [-0.05, 0) is 40.7 Å². The van der Waals surface area contributed by atoms with Crippen LogP contribution in [0.1, 0.15) is 52.9 Å². The third-order valence-corrected chi connectivity index (χ3v) is 3.90. The molecule has 1 N–H and O–H groups in total. The van der Waals surface area contributed by atoms with Crippen molar-refractivity contribution in [3.05, 3.63) is 0 Å². The molecule has 0 heterocycles. The second-order valence-corrected chi connectivity index (χ2v) is 7.25. The summed E-state index contributed by atoms with van der Waals surface area (Å²) in [5.74, 6) is -0.106. The molecule has 0 saturated heterocycles. The molecular weight excluding hydrogens is 266 g/mol. The van der Waals surface area contributed by atoms with Crippen LogP contribution in [-0.2, 0) is 9.59 Å². The van der Waals surface area contributed by atoms with Crippen LogP contribution < -0.4 is 5.32 Å². The van der Waals surface area contributed by atoms with E-state index in [9.17, 15) is 9.59 Å². The van der Waals surface area contributed by atoms with Crippen LogP contribution in [0.5, 0.6) is 0 Å². The lowest BCUT2D eigenvalue weighted by molar-refractivity contribution is -0.136. The molecule has 0 unspecified atom stereocenters. The second-order valence-electron chi connectivity index (χ2n) is 7.25. The summed E-state index contributed by atoms with van der Waals surface area (Å²) in [6.07, 6.45) is 6.18. The highest BCUT2D eigenvalue weighted by molar-refractivity contribution is 5.85. The van der Waals surface area contributed by atoms with Crippen LogP contribution in [0, 0.1) is 0 Å². The lowest BCUT2D eigenvalue weighted by atomic mass is 9.94. The first-order valence-corrected chi connectivity index (χ1v) is 7.94. The summed E-state index contributed by atoms with van der Waals surface area (Å²) in [6, 6.07) is 0.513. The Balaban J connectivity index is 2.38. The van der Waals surface area contributed by atoms with Gasteiger partial charge in [-0.25, -0.2) is 0 Å². The van der Waals surface area contributed by atoms with E-state index in [1.165, 1.54) is 37.0 Å². The molecule has 0 atom stereocenters. The first-order valence-electron chi connectivity index (χ1n) is 7.94. The molecular formula is C16H31N3O2. The molecule has 1 aliphatic carbocycles. The highest BCUT2D eigenvalue weighted by atomic mass is 16.2. The van der Waals surface area contributed by atoms with Gasteiger partial charge in [0, 0.05) is 18.6 Å². The summed E-state index contributed by atoms with van der Waals surface area (Å²) >= 11 is 0. The molecule has 2 amide bonds. The van der Waals surface area contributed by atoms with E-state index in [4.69, 9.17) is 0 Å². The average molecular weight is 297 g/mol. The second kappa shape index (κ2) is 7.78. The quantitative estimate of drug-likeness (QED) is 0.839. The summed E-state index contributed by atoms with van der Waals surface area (Å²) in [7, 11) is 3.70. The minimum absolute atomic E-state index is 0.00660. The van der Waals surface area contributed by atoms with Gasteiger partial charge in [0.05, 0.1) is 13.1 Å². The van der Waals surface area contributed by atoms with Gasteiger partial charge in [0.15, 0.2) is 0 Å². The van der Waals surface area contributed by atoms with Crippen LogP contribution in [0.3, 0.4) is 0 Å². The molecule has 1 aliphatic rings. The molecule has 1 saturated carbocycles. The molecule has 0 radical (unpaired) electrons. The van der Waals surface area contributed by atoms with Crippen molar-refractivity contribution in [3.63, 3.8) is 0 Å². The van der Waals surface area contributed by atoms with Gasteiger partial charge in [-0.15, -0.1) is 0 Å². The van der Waals surface area contributed by atoms with E-state index in [2.05, 4.69) is 10.2 Å². The Bertz CT molecular complexity index is 357. The molecule has 122 valence electrons. The van der Waals surface area contributed by atoms with E-state index < -0.39 is 0 Å². The Hall–Kier alpha value is -1.10. The Kier molecular flexibility index (Phi) is 6.65. The highest BCUT2D eigenvalue weighted by Gasteiger charge is 2.22. The Morgan fingerprint density at radius 3 is 2.14 bits per heavy atom. The van der Waals surface area contributed by atoms with Crippen molar-refractivity contribution in [2.75, 3.05) is 27.2 Å². The van der Waals surface area contributed by atoms with Crippen molar-refractivity contribution in [3.8, 4) is 0 Å². The van der Waals surface area contributed by atoms with Crippen molar-refractivity contribution in [2.24, 2.45) is 0 Å². The maximum atomic E-state index is 12.2. The molecule has 1 rings (SSSR count). The molecule has 0 bridgehead atoms. The molecule has 5 heteroatoms. The fourth-order valence-corrected chi connectivity index (χ4v) is 2.75. The zero-order chi connectivity index (χ0) is 16.0. The van der Waals surface area contributed by atoms with Crippen LogP contribution in [0.15, 0.2) is 0 Å². The number of rotatable bonds is 5. The largest absolute Gasteiger partial charge is 0.350 e. The molecule has 0 spiro atoms. The predicted octanol–water partition coefficient (Wildman–Crippen LogP) is 1.62. The SMILES string of the molecule is CN(CC(=O)NC(C)(C)C)C(=O)CN(C)C1CCCCC1. The average Bonchev–Trinajstić information content (AvgIpc) is 2.37. The van der Waals surface area contributed by atoms with Crippen molar-refractivity contribution >= 4 is 11.8 Å². The highest BCUT2D eigenvalue weighted by Crippen LogP contribution is 2.21. The third kappa shape index (κ3) is 6.93. The number of amides is 2. The fourth-order valence-electron chi connectivity index (χ4n) is 2.75. The van der Waals surface area contributed by atoms with Crippen molar-refractivity contribution in [1.29, 1.82) is 0 Å². The smallest absolute Gasteiger partial charge is 0.240 e. The molecule has 0 aromatic carbocycles. The Labute approximate surface area is 129 Å². The Morgan fingerprint density at radius 1 is 1.05 bits per heavy atom. The van der Waals surface area contributed by atoms with E-state index in [0.29, 0.717) is 12.6 Å². The van der Waals surface area contributed by atoms with Gasteiger partial charge in [-0.2, -0.15) is 0 Å². The molecule has 1 fully saturated rings. The van der Waals surface area contributed by atoms with Crippen molar-refractivity contribution in [1.82, 2.24) is 15.1 Å². The first-order chi connectivity index (χ1) is 9.69. The van der Waals surface area contributed by atoms with E-state index in [1.54, 1.807) is 7.05 Å². The minimum atomic E-state index is -0.264. The Morgan fingerprint density at radius 2 is 1.62 bits per heavy atom. The van der Waals surface area contributed by atoms with Crippen LogP contribution in [0.25, 0.3) is 0 Å². The number of nitrogens with zero attached hydrogens (tertiary/aromatic N) is 2. The number of carbonyl (C=O) groups is 2. The minimum Gasteiger partial charge on any atom is -0.350 e. The normalized spacial score (nSPS) is 16.9. The fraction of sp³-hybridized carbons (Fsp3) is 0.875. The topological polar surface area (TPSA) is 52.7 Å².